The summed E-state index contributed by atoms with van der Waals surface area (Å²) in [6, 6.07) is 77.5. The summed E-state index contributed by atoms with van der Waals surface area (Å²) in [4.78, 5) is 58.9. The highest BCUT2D eigenvalue weighted by Gasteiger charge is 2.40. The second kappa shape index (κ2) is 27.6. The molecule has 0 spiro atoms. The van der Waals surface area contributed by atoms with Crippen molar-refractivity contribution in [1.29, 1.82) is 21.0 Å². The minimum Gasteiger partial charge on any atom is -0.461 e. The van der Waals surface area contributed by atoms with E-state index in [1.165, 1.54) is 0 Å². The normalized spacial score (nSPS) is 10.3. The van der Waals surface area contributed by atoms with E-state index in [1.807, 2.05) is 24.3 Å². The molecule has 12 nitrogen and oxygen atoms in total. The first-order valence-corrected chi connectivity index (χ1v) is 25.4. The maximum atomic E-state index is 14.7. The lowest BCUT2D eigenvalue weighted by molar-refractivity contribution is -0.165. The van der Waals surface area contributed by atoms with Crippen molar-refractivity contribution in [2.45, 2.75) is 0 Å². The molecule has 0 aliphatic carbocycles. The summed E-state index contributed by atoms with van der Waals surface area (Å²) >= 11 is 0. The summed E-state index contributed by atoms with van der Waals surface area (Å²) in [5, 5.41) is 43.2. The average molecular weight is 1060 g/mol. The van der Waals surface area contributed by atoms with Gasteiger partial charge in [-0.2, -0.15) is 21.0 Å². The Hall–Kier alpha value is -11.4. The largest absolute Gasteiger partial charge is 0.461 e. The molecule has 8 aromatic rings. The number of carbonyl (C=O) groups excluding carboxylic acids is 4. The van der Waals surface area contributed by atoms with Crippen molar-refractivity contribution in [2.24, 2.45) is 5.41 Å². The van der Waals surface area contributed by atoms with Crippen LogP contribution in [0.3, 0.4) is 0 Å². The summed E-state index contributed by atoms with van der Waals surface area (Å²) in [5.74, 6) is -4.66. The van der Waals surface area contributed by atoms with Crippen LogP contribution < -0.4 is 0 Å². The van der Waals surface area contributed by atoms with Crippen LogP contribution in [-0.2, 0) is 38.1 Å². The van der Waals surface area contributed by atoms with E-state index in [0.29, 0.717) is 44.5 Å². The van der Waals surface area contributed by atoms with Crippen LogP contribution in [0.5, 0.6) is 0 Å². The molecule has 0 aliphatic heterocycles. The van der Waals surface area contributed by atoms with Crippen LogP contribution in [-0.4, -0.2) is 50.3 Å². The molecule has 12 heteroatoms. The van der Waals surface area contributed by atoms with Gasteiger partial charge in [0.2, 0.25) is 0 Å². The Balaban J connectivity index is 1.28. The molecular formula is C69H48N4O8. The number of carbonyl (C=O) groups is 4. The van der Waals surface area contributed by atoms with E-state index in [1.54, 1.807) is 243 Å². The van der Waals surface area contributed by atoms with Crippen molar-refractivity contribution in [3.05, 3.63) is 309 Å². The average Bonchev–Trinajstić information content (AvgIpc) is 3.55. The number of rotatable bonds is 20. The summed E-state index contributed by atoms with van der Waals surface area (Å²) in [5.41, 5.74) is 0.953. The van der Waals surface area contributed by atoms with E-state index < -0.39 is 78.0 Å². The van der Waals surface area contributed by atoms with Crippen LogP contribution in [0.2, 0.25) is 0 Å². The van der Waals surface area contributed by atoms with Gasteiger partial charge in [-0.15, -0.1) is 0 Å². The molecular weight excluding hydrogens is 1010 g/mol. The van der Waals surface area contributed by atoms with Crippen LogP contribution in [0.1, 0.15) is 44.5 Å². The molecule has 81 heavy (non-hydrogen) atoms. The number of hydrogen-bond acceptors (Lipinski definition) is 12. The third-order valence-corrected chi connectivity index (χ3v) is 12.8. The molecule has 0 amide bonds. The third-order valence-electron chi connectivity index (χ3n) is 12.8. The lowest BCUT2D eigenvalue weighted by Gasteiger charge is -2.32. The molecule has 392 valence electrons. The minimum absolute atomic E-state index is 0.216. The molecule has 0 aromatic heterocycles. The Morgan fingerprint density at radius 2 is 0.395 bits per heavy atom. The SMILES string of the molecule is N#CC(C(=O)OCC(COC(=O)C(C#N)=C(c1ccccc1)c1ccccc1)(COC(=O)C(C#N)=C(c1ccccc1)c1ccccc1)COC(=O)C(C#N)=C(c1ccccc1)c1ccccc1)=C(c1ccccc1)c1ccccc1. The molecule has 8 aromatic carbocycles. The third kappa shape index (κ3) is 13.8. The Kier molecular flexibility index (Phi) is 19.0. The van der Waals surface area contributed by atoms with Gasteiger partial charge in [0.1, 0.15) is 78.4 Å². The Morgan fingerprint density at radius 3 is 0.519 bits per heavy atom. The smallest absolute Gasteiger partial charge is 0.349 e. The second-order valence-corrected chi connectivity index (χ2v) is 18.2. The van der Waals surface area contributed by atoms with E-state index in [-0.39, 0.29) is 22.3 Å². The fourth-order valence-electron chi connectivity index (χ4n) is 8.89. The first-order valence-electron chi connectivity index (χ1n) is 25.4. The zero-order valence-electron chi connectivity index (χ0n) is 43.5. The van der Waals surface area contributed by atoms with E-state index in [0.717, 1.165) is 0 Å². The molecule has 0 N–H and O–H groups in total. The maximum absolute atomic E-state index is 14.7. The molecule has 0 saturated carbocycles. The predicted molar refractivity (Wildman–Crippen MR) is 304 cm³/mol. The summed E-state index contributed by atoms with van der Waals surface area (Å²) < 4.78 is 24.3. The van der Waals surface area contributed by atoms with E-state index in [4.69, 9.17) is 18.9 Å². The van der Waals surface area contributed by atoms with Crippen LogP contribution in [0.25, 0.3) is 22.3 Å². The van der Waals surface area contributed by atoms with Gasteiger partial charge in [0.25, 0.3) is 0 Å². The van der Waals surface area contributed by atoms with Crippen molar-refractivity contribution in [3.63, 3.8) is 0 Å². The van der Waals surface area contributed by atoms with Gasteiger partial charge in [-0.1, -0.05) is 243 Å². The number of benzene rings is 8. The standard InChI is InChI=1S/C69H48N4O8/c70-41-57(61(49-25-9-1-10-26-49)50-27-11-2-12-28-50)65(74)78-45-69(46-79-66(75)58(42-71)62(51-29-13-3-14-30-51)52-31-15-4-16-32-52,47-80-67(76)59(43-72)63(53-33-17-5-18-34-53)54-35-19-6-20-36-54)48-81-68(77)60(44-73)64(55-37-21-7-22-38-55)56-39-23-8-24-40-56/h1-40H,45-48H2. The molecule has 0 atom stereocenters. The zero-order chi connectivity index (χ0) is 56.8. The van der Waals surface area contributed by atoms with Crippen molar-refractivity contribution in [3.8, 4) is 24.3 Å². The lowest BCUT2D eigenvalue weighted by atomic mass is 9.90. The summed E-state index contributed by atoms with van der Waals surface area (Å²) in [6.45, 7) is -3.60. The highest BCUT2D eigenvalue weighted by Crippen LogP contribution is 2.34. The topological polar surface area (TPSA) is 200 Å². The minimum atomic E-state index is -2.13. The first-order chi connectivity index (χ1) is 39.7. The van der Waals surface area contributed by atoms with Crippen LogP contribution >= 0.6 is 0 Å². The van der Waals surface area contributed by atoms with Gasteiger partial charge >= 0.3 is 23.9 Å². The van der Waals surface area contributed by atoms with E-state index >= 15 is 0 Å². The van der Waals surface area contributed by atoms with E-state index in [9.17, 15) is 40.2 Å². The van der Waals surface area contributed by atoms with Crippen molar-refractivity contribution >= 4 is 46.2 Å². The number of esters is 4. The van der Waals surface area contributed by atoms with Gasteiger partial charge in [0.05, 0.1) is 0 Å². The van der Waals surface area contributed by atoms with Gasteiger partial charge in [-0.25, -0.2) is 19.2 Å². The van der Waals surface area contributed by atoms with Crippen LogP contribution in [0, 0.1) is 50.7 Å². The quantitative estimate of drug-likeness (QED) is 0.0303. The van der Waals surface area contributed by atoms with Gasteiger partial charge in [0, 0.05) is 22.3 Å². The molecule has 0 heterocycles. The summed E-state index contributed by atoms with van der Waals surface area (Å²) in [7, 11) is 0. The number of nitriles is 4. The predicted octanol–water partition coefficient (Wildman–Crippen LogP) is 12.2. The van der Waals surface area contributed by atoms with E-state index in [2.05, 4.69) is 0 Å². The first kappa shape index (κ1) is 55.8. The van der Waals surface area contributed by atoms with Gasteiger partial charge in [0.15, 0.2) is 0 Å². The van der Waals surface area contributed by atoms with Crippen molar-refractivity contribution in [2.75, 3.05) is 26.4 Å². The van der Waals surface area contributed by atoms with Gasteiger partial charge in [-0.05, 0) is 44.5 Å². The number of hydrogen-bond donors (Lipinski definition) is 0. The number of ether oxygens (including phenoxy) is 4. The van der Waals surface area contributed by atoms with Crippen LogP contribution in [0.15, 0.2) is 265 Å². The maximum Gasteiger partial charge on any atom is 0.349 e. The zero-order valence-corrected chi connectivity index (χ0v) is 43.5. The molecule has 0 fully saturated rings. The highest BCUT2D eigenvalue weighted by molar-refractivity contribution is 6.08. The molecule has 0 saturated heterocycles. The summed E-state index contributed by atoms with van der Waals surface area (Å²) in [6.07, 6.45) is 0. The molecule has 0 bridgehead atoms. The highest BCUT2D eigenvalue weighted by atomic mass is 16.6. The fourth-order valence-corrected chi connectivity index (χ4v) is 8.89. The lowest BCUT2D eigenvalue weighted by Crippen LogP contribution is -2.44. The molecule has 8 rings (SSSR count). The Bertz CT molecular complexity index is 3160. The Morgan fingerprint density at radius 1 is 0.259 bits per heavy atom. The fraction of sp³-hybridized carbons (Fsp3) is 0.0725. The Labute approximate surface area is 468 Å². The van der Waals surface area contributed by atoms with Gasteiger partial charge < -0.3 is 18.9 Å². The van der Waals surface area contributed by atoms with Gasteiger partial charge in [-0.3, -0.25) is 0 Å². The molecule has 0 unspecified atom stereocenters. The monoisotopic (exact) mass is 1060 g/mol. The second-order valence-electron chi connectivity index (χ2n) is 18.2. The molecule has 0 aliphatic rings. The van der Waals surface area contributed by atoms with Crippen LogP contribution in [0.4, 0.5) is 0 Å². The van der Waals surface area contributed by atoms with Crippen molar-refractivity contribution in [1.82, 2.24) is 0 Å². The molecule has 0 radical (unpaired) electrons. The number of nitrogens with zero attached hydrogens (tertiary/aromatic N) is 4. The van der Waals surface area contributed by atoms with Crippen molar-refractivity contribution < 1.29 is 38.1 Å².